The SMILES string of the molecule is O=C=NCCCCC1(N=C=O)C(=O)OCC1N=C=O. The third-order valence-corrected chi connectivity index (χ3v) is 2.87. The number of esters is 1. The molecule has 8 heteroatoms. The Morgan fingerprint density at radius 1 is 1.21 bits per heavy atom. The lowest BCUT2D eigenvalue weighted by Crippen LogP contribution is -2.41. The first kappa shape index (κ1) is 14.7. The van der Waals surface area contributed by atoms with Crippen LogP contribution in [0, 0.1) is 0 Å². The van der Waals surface area contributed by atoms with E-state index in [1.165, 1.54) is 18.2 Å². The van der Waals surface area contributed by atoms with Crippen molar-refractivity contribution in [2.75, 3.05) is 13.2 Å². The number of isocyanates is 3. The van der Waals surface area contributed by atoms with Crippen molar-refractivity contribution in [2.45, 2.75) is 30.8 Å². The van der Waals surface area contributed by atoms with E-state index < -0.39 is 17.6 Å². The van der Waals surface area contributed by atoms with Crippen molar-refractivity contribution >= 4 is 24.2 Å². The number of cyclic esters (lactones) is 1. The van der Waals surface area contributed by atoms with Crippen LogP contribution < -0.4 is 0 Å². The van der Waals surface area contributed by atoms with Gasteiger partial charge in [0.15, 0.2) is 5.54 Å². The maximum atomic E-state index is 11.7. The van der Waals surface area contributed by atoms with Crippen molar-refractivity contribution in [1.29, 1.82) is 0 Å². The third-order valence-electron chi connectivity index (χ3n) is 2.87. The quantitative estimate of drug-likeness (QED) is 0.274. The van der Waals surface area contributed by atoms with Gasteiger partial charge in [-0.05, 0) is 19.3 Å². The highest BCUT2D eigenvalue weighted by atomic mass is 16.5. The summed E-state index contributed by atoms with van der Waals surface area (Å²) in [6.07, 6.45) is 5.18. The lowest BCUT2D eigenvalue weighted by atomic mass is 9.88. The Kier molecular flexibility index (Phi) is 5.51. The van der Waals surface area contributed by atoms with Gasteiger partial charge in [0.25, 0.3) is 0 Å². The minimum absolute atomic E-state index is 0.119. The summed E-state index contributed by atoms with van der Waals surface area (Å²) in [4.78, 5) is 52.7. The van der Waals surface area contributed by atoms with Gasteiger partial charge in [0.05, 0.1) is 6.54 Å². The molecule has 1 fully saturated rings. The van der Waals surface area contributed by atoms with Gasteiger partial charge >= 0.3 is 5.97 Å². The summed E-state index contributed by atoms with van der Waals surface area (Å²) in [5, 5.41) is 0. The minimum atomic E-state index is -1.51. The number of hydrogen-bond donors (Lipinski definition) is 0. The Labute approximate surface area is 108 Å². The van der Waals surface area contributed by atoms with Gasteiger partial charge in [0.2, 0.25) is 18.2 Å². The molecule has 0 bridgehead atoms. The zero-order valence-corrected chi connectivity index (χ0v) is 10.00. The van der Waals surface area contributed by atoms with E-state index in [2.05, 4.69) is 15.0 Å². The lowest BCUT2D eigenvalue weighted by molar-refractivity contribution is -0.142. The number of carbonyl (C=O) groups is 1. The average Bonchev–Trinajstić information content (AvgIpc) is 2.69. The van der Waals surface area contributed by atoms with Crippen molar-refractivity contribution in [3.63, 3.8) is 0 Å². The summed E-state index contributed by atoms with van der Waals surface area (Å²) in [5.74, 6) is -0.710. The zero-order chi connectivity index (χ0) is 14.1. The van der Waals surface area contributed by atoms with E-state index in [1.54, 1.807) is 0 Å². The van der Waals surface area contributed by atoms with Gasteiger partial charge < -0.3 is 4.74 Å². The van der Waals surface area contributed by atoms with Crippen LogP contribution in [0.3, 0.4) is 0 Å². The van der Waals surface area contributed by atoms with E-state index in [0.717, 1.165) is 0 Å². The normalized spacial score (nSPS) is 24.6. The highest BCUT2D eigenvalue weighted by Gasteiger charge is 2.53. The van der Waals surface area contributed by atoms with Crippen LogP contribution >= 0.6 is 0 Å². The second-order valence-electron chi connectivity index (χ2n) is 3.89. The topological polar surface area (TPSA) is 115 Å². The maximum absolute atomic E-state index is 11.7. The summed E-state index contributed by atoms with van der Waals surface area (Å²) in [5.41, 5.74) is -1.51. The Morgan fingerprint density at radius 3 is 2.63 bits per heavy atom. The molecule has 19 heavy (non-hydrogen) atoms. The maximum Gasteiger partial charge on any atom is 0.337 e. The van der Waals surface area contributed by atoms with Crippen LogP contribution in [0.15, 0.2) is 15.0 Å². The summed E-state index contributed by atoms with van der Waals surface area (Å²) >= 11 is 0. The fourth-order valence-electron chi connectivity index (χ4n) is 1.92. The molecule has 2 atom stereocenters. The minimum Gasteiger partial charge on any atom is -0.461 e. The molecule has 0 N–H and O–H groups in total. The summed E-state index contributed by atoms with van der Waals surface area (Å²) in [6.45, 7) is 0.146. The molecule has 1 saturated heterocycles. The van der Waals surface area contributed by atoms with Gasteiger partial charge in [-0.2, -0.15) is 9.98 Å². The van der Waals surface area contributed by atoms with Crippen LogP contribution in [-0.4, -0.2) is 48.9 Å². The molecule has 0 aromatic heterocycles. The molecule has 1 aliphatic heterocycles. The average molecular weight is 265 g/mol. The third kappa shape index (κ3) is 3.30. The van der Waals surface area contributed by atoms with Crippen LogP contribution in [0.2, 0.25) is 0 Å². The number of nitrogens with zero attached hydrogens (tertiary/aromatic N) is 3. The van der Waals surface area contributed by atoms with Crippen LogP contribution in [0.1, 0.15) is 19.3 Å². The van der Waals surface area contributed by atoms with Gasteiger partial charge in [-0.3, -0.25) is 0 Å². The first-order chi connectivity index (χ1) is 9.21. The predicted octanol–water partition coefficient (Wildman–Crippen LogP) is -0.172. The van der Waals surface area contributed by atoms with Gasteiger partial charge in [-0.25, -0.2) is 24.2 Å². The molecular formula is C11H11N3O5. The molecule has 0 spiro atoms. The molecular weight excluding hydrogens is 254 g/mol. The van der Waals surface area contributed by atoms with E-state index in [9.17, 15) is 19.2 Å². The van der Waals surface area contributed by atoms with Crippen molar-refractivity contribution in [3.05, 3.63) is 0 Å². The van der Waals surface area contributed by atoms with Gasteiger partial charge in [-0.15, -0.1) is 0 Å². The predicted molar refractivity (Wildman–Crippen MR) is 60.6 cm³/mol. The van der Waals surface area contributed by atoms with Gasteiger partial charge in [-0.1, -0.05) is 0 Å². The lowest BCUT2D eigenvalue weighted by Gasteiger charge is -2.21. The fraction of sp³-hybridized carbons (Fsp3) is 0.636. The number of aliphatic imine (C=N–C) groups is 3. The molecule has 0 saturated carbocycles. The van der Waals surface area contributed by atoms with E-state index >= 15 is 0 Å². The van der Waals surface area contributed by atoms with Crippen LogP contribution in [-0.2, 0) is 23.9 Å². The Bertz CT molecular complexity index is 487. The Hall–Kier alpha value is -2.39. The zero-order valence-electron chi connectivity index (χ0n) is 10.00. The van der Waals surface area contributed by atoms with E-state index in [1.807, 2.05) is 0 Å². The van der Waals surface area contributed by atoms with Crippen LogP contribution in [0.5, 0.6) is 0 Å². The second-order valence-corrected chi connectivity index (χ2v) is 3.89. The second kappa shape index (κ2) is 7.13. The number of hydrogen-bond acceptors (Lipinski definition) is 8. The van der Waals surface area contributed by atoms with Crippen LogP contribution in [0.4, 0.5) is 0 Å². The smallest absolute Gasteiger partial charge is 0.337 e. The summed E-state index contributed by atoms with van der Waals surface area (Å²) in [6, 6.07) is -0.867. The highest BCUT2D eigenvalue weighted by molar-refractivity contribution is 5.85. The van der Waals surface area contributed by atoms with Crippen molar-refractivity contribution in [1.82, 2.24) is 0 Å². The molecule has 0 aromatic carbocycles. The number of rotatable bonds is 7. The Morgan fingerprint density at radius 2 is 2.00 bits per heavy atom. The Balaban J connectivity index is 2.82. The summed E-state index contributed by atoms with van der Waals surface area (Å²) in [7, 11) is 0. The number of unbranched alkanes of at least 4 members (excludes halogenated alkanes) is 1. The first-order valence-electron chi connectivity index (χ1n) is 5.58. The van der Waals surface area contributed by atoms with Crippen molar-refractivity contribution in [2.24, 2.45) is 15.0 Å². The summed E-state index contributed by atoms with van der Waals surface area (Å²) < 4.78 is 4.79. The largest absolute Gasteiger partial charge is 0.461 e. The standard InChI is InChI=1S/C11H11N3O5/c15-6-12-4-2-1-3-11(14-8-17)9(13-7-16)5-19-10(11)18/h9H,1-5H2. The first-order valence-corrected chi connectivity index (χ1v) is 5.58. The van der Waals surface area contributed by atoms with E-state index in [0.29, 0.717) is 12.8 Å². The fourth-order valence-corrected chi connectivity index (χ4v) is 1.92. The van der Waals surface area contributed by atoms with E-state index in [4.69, 9.17) is 4.74 Å². The van der Waals surface area contributed by atoms with Crippen molar-refractivity contribution < 1.29 is 23.9 Å². The molecule has 0 aromatic rings. The molecule has 0 aliphatic carbocycles. The van der Waals surface area contributed by atoms with Gasteiger partial charge in [0, 0.05) is 0 Å². The molecule has 100 valence electrons. The molecule has 1 heterocycles. The number of carbonyl (C=O) groups excluding carboxylic acids is 4. The van der Waals surface area contributed by atoms with E-state index in [-0.39, 0.29) is 19.6 Å². The van der Waals surface area contributed by atoms with Crippen LogP contribution in [0.25, 0.3) is 0 Å². The molecule has 2 unspecified atom stereocenters. The monoisotopic (exact) mass is 265 g/mol. The number of ether oxygens (including phenoxy) is 1. The molecule has 1 rings (SSSR count). The highest BCUT2D eigenvalue weighted by Crippen LogP contribution is 2.32. The molecule has 8 nitrogen and oxygen atoms in total. The molecule has 0 radical (unpaired) electrons. The molecule has 1 aliphatic rings. The van der Waals surface area contributed by atoms with Gasteiger partial charge in [0.1, 0.15) is 12.6 Å². The van der Waals surface area contributed by atoms with Crippen molar-refractivity contribution in [3.8, 4) is 0 Å². The molecule has 0 amide bonds.